The van der Waals surface area contributed by atoms with Crippen molar-refractivity contribution < 1.29 is 9.13 Å². The van der Waals surface area contributed by atoms with Crippen molar-refractivity contribution in [1.82, 2.24) is 0 Å². The van der Waals surface area contributed by atoms with E-state index in [0.29, 0.717) is 18.9 Å². The van der Waals surface area contributed by atoms with Gasteiger partial charge in [0, 0.05) is 5.92 Å². The van der Waals surface area contributed by atoms with Crippen LogP contribution in [-0.2, 0) is 11.2 Å². The lowest BCUT2D eigenvalue weighted by atomic mass is 10.0. The summed E-state index contributed by atoms with van der Waals surface area (Å²) >= 11 is 0. The molecular weight excluding hydrogens is 253 g/mol. The van der Waals surface area contributed by atoms with Crippen LogP contribution in [0.2, 0.25) is 0 Å². The molecule has 2 atom stereocenters. The maximum Gasteiger partial charge on any atom is 0.123 e. The molecule has 0 aromatic heterocycles. The Morgan fingerprint density at radius 1 is 1.50 bits per heavy atom. The minimum atomic E-state index is -0.225. The van der Waals surface area contributed by atoms with Crippen LogP contribution in [0.15, 0.2) is 47.7 Å². The van der Waals surface area contributed by atoms with Crippen molar-refractivity contribution in [3.05, 3.63) is 59.1 Å². The van der Waals surface area contributed by atoms with Crippen LogP contribution in [0.3, 0.4) is 0 Å². The Labute approximate surface area is 120 Å². The van der Waals surface area contributed by atoms with Gasteiger partial charge in [-0.15, -0.1) is 0 Å². The van der Waals surface area contributed by atoms with Crippen LogP contribution in [0.1, 0.15) is 25.8 Å². The number of hydrogen-bond acceptors (Lipinski definition) is 2. The highest BCUT2D eigenvalue weighted by Gasteiger charge is 2.21. The number of hydrogen-bond donors (Lipinski definition) is 1. The summed E-state index contributed by atoms with van der Waals surface area (Å²) in [7, 11) is 0. The molecule has 1 aromatic rings. The summed E-state index contributed by atoms with van der Waals surface area (Å²) in [4.78, 5) is 0. The summed E-state index contributed by atoms with van der Waals surface area (Å²) in [6, 6.07) is 6.36. The smallest absolute Gasteiger partial charge is 0.123 e. The van der Waals surface area contributed by atoms with E-state index in [4.69, 9.17) is 10.5 Å². The molecule has 20 heavy (non-hydrogen) atoms. The van der Waals surface area contributed by atoms with E-state index in [1.807, 2.05) is 6.07 Å². The molecule has 1 aliphatic rings. The second-order valence-electron chi connectivity index (χ2n) is 5.60. The number of rotatable bonds is 5. The van der Waals surface area contributed by atoms with E-state index in [9.17, 15) is 4.39 Å². The SMILES string of the molecule is CC(C)=CCC1C=C(C(N)Cc2cccc(F)c2)OC1. The molecule has 2 N–H and O–H groups in total. The van der Waals surface area contributed by atoms with Crippen molar-refractivity contribution in [1.29, 1.82) is 0 Å². The van der Waals surface area contributed by atoms with Gasteiger partial charge in [-0.3, -0.25) is 0 Å². The average molecular weight is 275 g/mol. The van der Waals surface area contributed by atoms with Crippen LogP contribution in [0.25, 0.3) is 0 Å². The molecule has 1 aromatic carbocycles. The first-order valence-corrected chi connectivity index (χ1v) is 7.02. The van der Waals surface area contributed by atoms with Crippen molar-refractivity contribution in [3.63, 3.8) is 0 Å². The fraction of sp³-hybridized carbons (Fsp3) is 0.412. The lowest BCUT2D eigenvalue weighted by molar-refractivity contribution is 0.202. The van der Waals surface area contributed by atoms with Crippen molar-refractivity contribution in [2.45, 2.75) is 32.7 Å². The molecule has 2 unspecified atom stereocenters. The third kappa shape index (κ3) is 4.20. The molecule has 0 fully saturated rings. The second-order valence-corrected chi connectivity index (χ2v) is 5.60. The van der Waals surface area contributed by atoms with Crippen LogP contribution < -0.4 is 5.73 Å². The predicted molar refractivity (Wildman–Crippen MR) is 79.7 cm³/mol. The van der Waals surface area contributed by atoms with Gasteiger partial charge in [0.15, 0.2) is 0 Å². The van der Waals surface area contributed by atoms with E-state index in [1.54, 1.807) is 6.07 Å². The van der Waals surface area contributed by atoms with E-state index >= 15 is 0 Å². The van der Waals surface area contributed by atoms with Gasteiger partial charge in [0.1, 0.15) is 11.6 Å². The molecule has 2 rings (SSSR count). The molecule has 0 radical (unpaired) electrons. The van der Waals surface area contributed by atoms with Crippen LogP contribution in [0, 0.1) is 11.7 Å². The quantitative estimate of drug-likeness (QED) is 0.834. The van der Waals surface area contributed by atoms with E-state index in [1.165, 1.54) is 17.7 Å². The molecule has 0 spiro atoms. The van der Waals surface area contributed by atoms with Gasteiger partial charge in [-0.05, 0) is 50.5 Å². The summed E-state index contributed by atoms with van der Waals surface area (Å²) in [5, 5.41) is 0. The molecule has 1 aliphatic heterocycles. The fourth-order valence-corrected chi connectivity index (χ4v) is 2.30. The largest absolute Gasteiger partial charge is 0.496 e. The van der Waals surface area contributed by atoms with E-state index in [0.717, 1.165) is 17.7 Å². The first-order chi connectivity index (χ1) is 9.54. The number of benzene rings is 1. The summed E-state index contributed by atoms with van der Waals surface area (Å²) in [6.45, 7) is 4.88. The Bertz CT molecular complexity index is 517. The van der Waals surface area contributed by atoms with Crippen molar-refractivity contribution >= 4 is 0 Å². The van der Waals surface area contributed by atoms with Crippen molar-refractivity contribution in [2.24, 2.45) is 11.7 Å². The lowest BCUT2D eigenvalue weighted by Crippen LogP contribution is -2.25. The highest BCUT2D eigenvalue weighted by atomic mass is 19.1. The minimum absolute atomic E-state index is 0.200. The Morgan fingerprint density at radius 2 is 2.30 bits per heavy atom. The second kappa shape index (κ2) is 6.71. The first kappa shape index (κ1) is 14.8. The van der Waals surface area contributed by atoms with Gasteiger partial charge in [-0.2, -0.15) is 0 Å². The average Bonchev–Trinajstić information content (AvgIpc) is 2.85. The van der Waals surface area contributed by atoms with E-state index in [-0.39, 0.29) is 11.9 Å². The number of halogens is 1. The minimum Gasteiger partial charge on any atom is -0.496 e. The molecule has 0 saturated carbocycles. The zero-order chi connectivity index (χ0) is 14.5. The summed E-state index contributed by atoms with van der Waals surface area (Å²) in [5.74, 6) is 1.01. The molecule has 0 aliphatic carbocycles. The van der Waals surface area contributed by atoms with Gasteiger partial charge in [-0.25, -0.2) is 4.39 Å². The van der Waals surface area contributed by atoms with Crippen molar-refractivity contribution in [3.8, 4) is 0 Å². The fourth-order valence-electron chi connectivity index (χ4n) is 2.30. The molecule has 1 heterocycles. The van der Waals surface area contributed by atoms with E-state index < -0.39 is 0 Å². The molecule has 2 nitrogen and oxygen atoms in total. The first-order valence-electron chi connectivity index (χ1n) is 7.02. The zero-order valence-electron chi connectivity index (χ0n) is 12.1. The Hall–Kier alpha value is -1.61. The topological polar surface area (TPSA) is 35.2 Å². The summed E-state index contributed by atoms with van der Waals surface area (Å²) in [5.41, 5.74) is 8.36. The molecular formula is C17H22FNO. The number of nitrogens with two attached hydrogens (primary N) is 1. The molecule has 108 valence electrons. The number of allylic oxidation sites excluding steroid dienone is 2. The lowest BCUT2D eigenvalue weighted by Gasteiger charge is -2.13. The standard InChI is InChI=1S/C17H22FNO/c1-12(2)6-7-14-10-17(20-11-14)16(19)9-13-4-3-5-15(18)8-13/h3-6,8,10,14,16H,7,9,11,19H2,1-2H3. The van der Waals surface area contributed by atoms with Crippen molar-refractivity contribution in [2.75, 3.05) is 6.61 Å². The van der Waals surface area contributed by atoms with Crippen LogP contribution in [-0.4, -0.2) is 12.6 Å². The Balaban J connectivity index is 1.94. The molecule has 0 saturated heterocycles. The van der Waals surface area contributed by atoms with Gasteiger partial charge in [0.2, 0.25) is 0 Å². The zero-order valence-corrected chi connectivity index (χ0v) is 12.1. The van der Waals surface area contributed by atoms with Gasteiger partial charge < -0.3 is 10.5 Å². The van der Waals surface area contributed by atoms with Crippen LogP contribution in [0.4, 0.5) is 4.39 Å². The maximum absolute atomic E-state index is 13.1. The maximum atomic E-state index is 13.1. The van der Waals surface area contributed by atoms with E-state index in [2.05, 4.69) is 26.0 Å². The van der Waals surface area contributed by atoms with Gasteiger partial charge >= 0.3 is 0 Å². The third-order valence-electron chi connectivity index (χ3n) is 3.40. The Morgan fingerprint density at radius 3 is 3.00 bits per heavy atom. The molecule has 0 bridgehead atoms. The highest BCUT2D eigenvalue weighted by Crippen LogP contribution is 2.23. The summed E-state index contributed by atoms with van der Waals surface area (Å²) < 4.78 is 18.8. The number of ether oxygens (including phenoxy) is 1. The summed E-state index contributed by atoms with van der Waals surface area (Å²) in [6.07, 6.45) is 5.91. The molecule has 0 amide bonds. The highest BCUT2D eigenvalue weighted by molar-refractivity contribution is 5.21. The Kier molecular flexibility index (Phi) is 4.96. The monoisotopic (exact) mass is 275 g/mol. The third-order valence-corrected chi connectivity index (χ3v) is 3.40. The molecule has 3 heteroatoms. The normalized spacial score (nSPS) is 19.2. The predicted octanol–water partition coefficient (Wildman–Crippen LogP) is 3.58. The van der Waals surface area contributed by atoms with Gasteiger partial charge in [0.05, 0.1) is 12.6 Å². The van der Waals surface area contributed by atoms with Crippen LogP contribution >= 0.6 is 0 Å². The van der Waals surface area contributed by atoms with Gasteiger partial charge in [-0.1, -0.05) is 23.8 Å². The van der Waals surface area contributed by atoms with Gasteiger partial charge in [0.25, 0.3) is 0 Å². The van der Waals surface area contributed by atoms with Crippen LogP contribution in [0.5, 0.6) is 0 Å².